The normalized spacial score (nSPS) is 10.6. The van der Waals surface area contributed by atoms with Crippen LogP contribution >= 0.6 is 34.5 Å². The highest BCUT2D eigenvalue weighted by molar-refractivity contribution is 7.23. The summed E-state index contributed by atoms with van der Waals surface area (Å²) in [6.07, 6.45) is 0. The van der Waals surface area contributed by atoms with E-state index in [-0.39, 0.29) is 0 Å². The van der Waals surface area contributed by atoms with E-state index in [0.717, 1.165) is 4.70 Å². The molecule has 0 aliphatic rings. The number of carbonyl (C=O) groups is 1. The van der Waals surface area contributed by atoms with Crippen molar-refractivity contribution in [1.82, 2.24) is 4.98 Å². The molecule has 0 saturated carbocycles. The predicted octanol–water partition coefficient (Wildman–Crippen LogP) is 5.26. The van der Waals surface area contributed by atoms with Crippen LogP contribution in [0.1, 0.15) is 0 Å². The molecular weight excluding hydrogens is 357 g/mol. The molecule has 0 spiro atoms. The monoisotopic (exact) mass is 367 g/mol. The van der Waals surface area contributed by atoms with Crippen molar-refractivity contribution < 1.29 is 9.53 Å². The molecule has 8 heteroatoms. The van der Waals surface area contributed by atoms with E-state index >= 15 is 0 Å². The van der Waals surface area contributed by atoms with E-state index < -0.39 is 6.03 Å². The van der Waals surface area contributed by atoms with E-state index in [1.165, 1.54) is 11.3 Å². The molecule has 2 aromatic carbocycles. The van der Waals surface area contributed by atoms with E-state index in [4.69, 9.17) is 27.9 Å². The minimum absolute atomic E-state index is 0.401. The van der Waals surface area contributed by atoms with Gasteiger partial charge in [-0.15, -0.1) is 0 Å². The van der Waals surface area contributed by atoms with E-state index in [9.17, 15) is 4.79 Å². The largest absolute Gasteiger partial charge is 0.494 e. The molecule has 3 rings (SSSR count). The summed E-state index contributed by atoms with van der Waals surface area (Å²) in [4.78, 5) is 16.4. The number of amides is 2. The van der Waals surface area contributed by atoms with Gasteiger partial charge in [0.15, 0.2) is 5.13 Å². The highest BCUT2D eigenvalue weighted by atomic mass is 35.5. The molecule has 2 N–H and O–H groups in total. The molecule has 0 atom stereocenters. The first kappa shape index (κ1) is 15.9. The number of urea groups is 1. The van der Waals surface area contributed by atoms with Gasteiger partial charge in [-0.2, -0.15) is 0 Å². The van der Waals surface area contributed by atoms with Gasteiger partial charge in [0.1, 0.15) is 11.3 Å². The molecule has 0 radical (unpaired) electrons. The number of benzene rings is 2. The number of carbonyl (C=O) groups excluding carboxylic acids is 1. The zero-order valence-electron chi connectivity index (χ0n) is 11.9. The summed E-state index contributed by atoms with van der Waals surface area (Å²) in [7, 11) is 1.56. The standard InChI is InChI=1S/C15H11Cl2N3O2S/c1-22-11-7-6-10(17)13-12(11)19-15(23-13)20-14(21)18-9-4-2-8(16)3-5-9/h2-7H,1H3,(H2,18,19,20,21). The van der Waals surface area contributed by atoms with Gasteiger partial charge in [-0.05, 0) is 36.4 Å². The minimum atomic E-state index is -0.401. The number of halogens is 2. The van der Waals surface area contributed by atoms with Crippen molar-refractivity contribution in [2.75, 3.05) is 17.7 Å². The minimum Gasteiger partial charge on any atom is -0.494 e. The Morgan fingerprint density at radius 3 is 2.57 bits per heavy atom. The van der Waals surface area contributed by atoms with Gasteiger partial charge in [-0.25, -0.2) is 9.78 Å². The van der Waals surface area contributed by atoms with Crippen molar-refractivity contribution in [3.05, 3.63) is 46.4 Å². The van der Waals surface area contributed by atoms with Crippen molar-refractivity contribution >= 4 is 61.6 Å². The van der Waals surface area contributed by atoms with Gasteiger partial charge in [0.2, 0.25) is 0 Å². The van der Waals surface area contributed by atoms with Gasteiger partial charge < -0.3 is 10.1 Å². The zero-order valence-corrected chi connectivity index (χ0v) is 14.2. The third-order valence-electron chi connectivity index (χ3n) is 3.00. The van der Waals surface area contributed by atoms with Crippen LogP contribution in [0, 0.1) is 0 Å². The Bertz CT molecular complexity index is 865. The summed E-state index contributed by atoms with van der Waals surface area (Å²) in [5.41, 5.74) is 1.25. The fraction of sp³-hybridized carbons (Fsp3) is 0.0667. The number of nitrogens with one attached hydrogen (secondary N) is 2. The van der Waals surface area contributed by atoms with Crippen molar-refractivity contribution in [2.45, 2.75) is 0 Å². The summed E-state index contributed by atoms with van der Waals surface area (Å²) < 4.78 is 6.01. The lowest BCUT2D eigenvalue weighted by atomic mass is 10.3. The molecule has 1 aromatic heterocycles. The van der Waals surface area contributed by atoms with Crippen LogP contribution in [0.5, 0.6) is 5.75 Å². The fourth-order valence-electron chi connectivity index (χ4n) is 1.96. The number of anilines is 2. The van der Waals surface area contributed by atoms with Crippen molar-refractivity contribution in [3.63, 3.8) is 0 Å². The Morgan fingerprint density at radius 2 is 1.87 bits per heavy atom. The fourth-order valence-corrected chi connectivity index (χ4v) is 3.24. The van der Waals surface area contributed by atoms with Gasteiger partial charge in [-0.1, -0.05) is 34.5 Å². The predicted molar refractivity (Wildman–Crippen MR) is 95.3 cm³/mol. The Balaban J connectivity index is 1.79. The Kier molecular flexibility index (Phi) is 4.56. The van der Waals surface area contributed by atoms with Gasteiger partial charge in [-0.3, -0.25) is 5.32 Å². The third kappa shape index (κ3) is 3.50. The van der Waals surface area contributed by atoms with E-state index in [1.807, 2.05) is 0 Å². The Morgan fingerprint density at radius 1 is 1.13 bits per heavy atom. The lowest BCUT2D eigenvalue weighted by Crippen LogP contribution is -2.19. The lowest BCUT2D eigenvalue weighted by molar-refractivity contribution is 0.262. The maximum Gasteiger partial charge on any atom is 0.325 e. The van der Waals surface area contributed by atoms with E-state index in [1.54, 1.807) is 43.5 Å². The van der Waals surface area contributed by atoms with Gasteiger partial charge >= 0.3 is 6.03 Å². The molecule has 118 valence electrons. The number of aromatic nitrogens is 1. The highest BCUT2D eigenvalue weighted by Gasteiger charge is 2.13. The Hall–Kier alpha value is -2.02. The summed E-state index contributed by atoms with van der Waals surface area (Å²) >= 11 is 13.2. The van der Waals surface area contributed by atoms with Crippen LogP contribution in [0.25, 0.3) is 10.2 Å². The van der Waals surface area contributed by atoms with Gasteiger partial charge in [0.05, 0.1) is 16.8 Å². The molecule has 0 fully saturated rings. The van der Waals surface area contributed by atoms with Crippen LogP contribution in [0.4, 0.5) is 15.6 Å². The number of rotatable bonds is 3. The van der Waals surface area contributed by atoms with E-state index in [2.05, 4.69) is 15.6 Å². The first-order valence-corrected chi connectivity index (χ1v) is 8.10. The molecule has 23 heavy (non-hydrogen) atoms. The second-order valence-corrected chi connectivity index (χ2v) is 6.38. The van der Waals surface area contributed by atoms with Crippen molar-refractivity contribution in [3.8, 4) is 5.75 Å². The van der Waals surface area contributed by atoms with Crippen LogP contribution in [0.2, 0.25) is 10.0 Å². The number of hydrogen-bond donors (Lipinski definition) is 2. The van der Waals surface area contributed by atoms with Crippen LogP contribution in [0.3, 0.4) is 0 Å². The lowest BCUT2D eigenvalue weighted by Gasteiger charge is -2.05. The number of nitrogens with zero attached hydrogens (tertiary/aromatic N) is 1. The number of ether oxygens (including phenoxy) is 1. The van der Waals surface area contributed by atoms with Crippen molar-refractivity contribution in [2.24, 2.45) is 0 Å². The molecule has 0 aliphatic carbocycles. The first-order chi connectivity index (χ1) is 11.1. The zero-order chi connectivity index (χ0) is 16.4. The molecule has 1 heterocycles. The van der Waals surface area contributed by atoms with Crippen molar-refractivity contribution in [1.29, 1.82) is 0 Å². The van der Waals surface area contributed by atoms with Crippen LogP contribution in [-0.2, 0) is 0 Å². The second-order valence-electron chi connectivity index (χ2n) is 4.53. The van der Waals surface area contributed by atoms with Gasteiger partial charge in [0, 0.05) is 10.7 Å². The second kappa shape index (κ2) is 6.62. The maximum atomic E-state index is 12.0. The van der Waals surface area contributed by atoms with Crippen LogP contribution in [-0.4, -0.2) is 18.1 Å². The molecule has 0 saturated heterocycles. The average Bonchev–Trinajstić information content (AvgIpc) is 2.94. The van der Waals surface area contributed by atoms with Gasteiger partial charge in [0.25, 0.3) is 0 Å². The summed E-state index contributed by atoms with van der Waals surface area (Å²) in [5, 5.41) is 6.97. The summed E-state index contributed by atoms with van der Waals surface area (Å²) in [6, 6.07) is 9.88. The number of fused-ring (bicyclic) bond motifs is 1. The highest BCUT2D eigenvalue weighted by Crippen LogP contribution is 2.37. The molecule has 0 aliphatic heterocycles. The maximum absolute atomic E-state index is 12.0. The molecular formula is C15H11Cl2N3O2S. The average molecular weight is 368 g/mol. The summed E-state index contributed by atoms with van der Waals surface area (Å²) in [6.45, 7) is 0. The van der Waals surface area contributed by atoms with Crippen LogP contribution < -0.4 is 15.4 Å². The molecule has 0 bridgehead atoms. The number of hydrogen-bond acceptors (Lipinski definition) is 4. The number of methoxy groups -OCH3 is 1. The topological polar surface area (TPSA) is 63.2 Å². The van der Waals surface area contributed by atoms with Crippen LogP contribution in [0.15, 0.2) is 36.4 Å². The number of thiazole rings is 1. The molecule has 5 nitrogen and oxygen atoms in total. The molecule has 0 unspecified atom stereocenters. The summed E-state index contributed by atoms with van der Waals surface area (Å²) in [5.74, 6) is 0.604. The smallest absolute Gasteiger partial charge is 0.325 e. The molecule has 2 amide bonds. The molecule has 3 aromatic rings. The quantitative estimate of drug-likeness (QED) is 0.663. The Labute approximate surface area is 146 Å². The third-order valence-corrected chi connectivity index (χ3v) is 4.68. The van der Waals surface area contributed by atoms with E-state index in [0.29, 0.717) is 32.1 Å². The SMILES string of the molecule is COc1ccc(Cl)c2sc(NC(=O)Nc3ccc(Cl)cc3)nc12. The first-order valence-electron chi connectivity index (χ1n) is 6.53.